The summed E-state index contributed by atoms with van der Waals surface area (Å²) >= 11 is 4.20. The maximum atomic E-state index is 12.0. The van der Waals surface area contributed by atoms with Crippen LogP contribution in [0, 0.1) is 0 Å². The Morgan fingerprint density at radius 2 is 1.75 bits per heavy atom. The minimum Gasteiger partial charge on any atom is -0.344 e. The van der Waals surface area contributed by atoms with Crippen molar-refractivity contribution in [1.29, 1.82) is 0 Å². The number of thiol groups is 1. The second kappa shape index (κ2) is 7.94. The predicted octanol–water partition coefficient (Wildman–Crippen LogP) is 1.89. The van der Waals surface area contributed by atoms with Crippen LogP contribution >= 0.6 is 12.6 Å². The van der Waals surface area contributed by atoms with Crippen molar-refractivity contribution in [2.24, 2.45) is 0 Å². The molecule has 5 heteroatoms. The van der Waals surface area contributed by atoms with Crippen molar-refractivity contribution in [3.8, 4) is 0 Å². The maximum Gasteiger partial charge on any atom is 0.244 e. The Labute approximate surface area is 126 Å². The van der Waals surface area contributed by atoms with Gasteiger partial charge in [-0.1, -0.05) is 12.1 Å². The summed E-state index contributed by atoms with van der Waals surface area (Å²) in [5, 5.41) is 2.74. The Bertz CT molecular complexity index is 455. The molecule has 1 aromatic rings. The molecule has 1 N–H and O–H groups in total. The van der Waals surface area contributed by atoms with E-state index in [0.29, 0.717) is 13.1 Å². The fourth-order valence-electron chi connectivity index (χ4n) is 1.96. The van der Waals surface area contributed by atoms with Gasteiger partial charge in [-0.25, -0.2) is 0 Å². The summed E-state index contributed by atoms with van der Waals surface area (Å²) in [7, 11) is 0. The van der Waals surface area contributed by atoms with Gasteiger partial charge in [-0.3, -0.25) is 9.59 Å². The Morgan fingerprint density at radius 3 is 2.25 bits per heavy atom. The van der Waals surface area contributed by atoms with Crippen LogP contribution in [0.4, 0.5) is 0 Å². The first-order valence-electron chi connectivity index (χ1n) is 6.84. The molecule has 0 fully saturated rings. The van der Waals surface area contributed by atoms with Crippen molar-refractivity contribution in [2.75, 3.05) is 13.1 Å². The van der Waals surface area contributed by atoms with Crippen molar-refractivity contribution in [1.82, 2.24) is 10.2 Å². The molecular formula is C15H22N2O2S. The summed E-state index contributed by atoms with van der Waals surface area (Å²) in [5.41, 5.74) is 0.905. The average molecular weight is 294 g/mol. The number of amides is 2. The van der Waals surface area contributed by atoms with E-state index < -0.39 is 6.04 Å². The lowest BCUT2D eigenvalue weighted by atomic mass is 10.1. The van der Waals surface area contributed by atoms with Crippen LogP contribution in [0.5, 0.6) is 0 Å². The summed E-state index contributed by atoms with van der Waals surface area (Å²) < 4.78 is 0. The highest BCUT2D eigenvalue weighted by molar-refractivity contribution is 7.80. The van der Waals surface area contributed by atoms with Crippen LogP contribution in [-0.4, -0.2) is 35.8 Å². The van der Waals surface area contributed by atoms with Crippen LogP contribution < -0.4 is 5.32 Å². The van der Waals surface area contributed by atoms with E-state index in [2.05, 4.69) is 17.9 Å². The summed E-state index contributed by atoms with van der Waals surface area (Å²) in [6, 6.07) is 6.91. The number of likely N-dealkylation sites (N-methyl/N-ethyl adjacent to an activating group) is 1. The largest absolute Gasteiger partial charge is 0.344 e. The molecule has 0 saturated heterocycles. The lowest BCUT2D eigenvalue weighted by Gasteiger charge is -2.23. The monoisotopic (exact) mass is 294 g/mol. The van der Waals surface area contributed by atoms with Crippen LogP contribution in [0.15, 0.2) is 29.2 Å². The molecular weight excluding hydrogens is 272 g/mol. The molecule has 20 heavy (non-hydrogen) atoms. The molecule has 0 aliphatic heterocycles. The highest BCUT2D eigenvalue weighted by Crippen LogP contribution is 2.08. The van der Waals surface area contributed by atoms with Crippen LogP contribution in [0.25, 0.3) is 0 Å². The van der Waals surface area contributed by atoms with Crippen LogP contribution in [0.1, 0.15) is 26.3 Å². The Morgan fingerprint density at radius 1 is 1.20 bits per heavy atom. The van der Waals surface area contributed by atoms with E-state index in [1.807, 2.05) is 38.1 Å². The van der Waals surface area contributed by atoms with E-state index in [1.165, 1.54) is 0 Å². The third kappa shape index (κ3) is 4.89. The van der Waals surface area contributed by atoms with E-state index >= 15 is 0 Å². The molecule has 0 spiro atoms. The minimum absolute atomic E-state index is 0.0472. The van der Waals surface area contributed by atoms with Gasteiger partial charge in [-0.15, -0.1) is 12.6 Å². The van der Waals surface area contributed by atoms with E-state index in [1.54, 1.807) is 11.8 Å². The number of hydrogen-bond acceptors (Lipinski definition) is 3. The molecule has 1 atom stereocenters. The smallest absolute Gasteiger partial charge is 0.244 e. The summed E-state index contributed by atoms with van der Waals surface area (Å²) in [6.45, 7) is 6.87. The Balaban J connectivity index is 2.53. The van der Waals surface area contributed by atoms with Crippen molar-refractivity contribution >= 4 is 24.4 Å². The van der Waals surface area contributed by atoms with E-state index in [-0.39, 0.29) is 18.2 Å². The highest BCUT2D eigenvalue weighted by Gasteiger charge is 2.19. The van der Waals surface area contributed by atoms with Gasteiger partial charge in [0.15, 0.2) is 0 Å². The Hall–Kier alpha value is -1.49. The second-order valence-corrected chi connectivity index (χ2v) is 5.16. The lowest BCUT2D eigenvalue weighted by molar-refractivity contribution is -0.135. The number of nitrogens with one attached hydrogen (secondary N) is 1. The predicted molar refractivity (Wildman–Crippen MR) is 82.9 cm³/mol. The normalized spacial score (nSPS) is 11.8. The summed E-state index contributed by atoms with van der Waals surface area (Å²) in [5.74, 6) is -0.195. The second-order valence-electron chi connectivity index (χ2n) is 4.64. The van der Waals surface area contributed by atoms with Gasteiger partial charge in [0.25, 0.3) is 0 Å². The number of nitrogens with zero attached hydrogens (tertiary/aromatic N) is 1. The molecule has 4 nitrogen and oxygen atoms in total. The number of carbonyl (C=O) groups is 2. The topological polar surface area (TPSA) is 49.4 Å². The third-order valence-electron chi connectivity index (χ3n) is 3.12. The van der Waals surface area contributed by atoms with E-state index in [9.17, 15) is 9.59 Å². The standard InChI is InChI=1S/C15H22N2O2S/c1-4-17(5-2)15(19)11(3)16-14(18)10-12-6-8-13(20)9-7-12/h6-9,11,20H,4-5,10H2,1-3H3,(H,16,18). The number of hydrogen-bond donors (Lipinski definition) is 2. The molecule has 0 saturated carbocycles. The van der Waals surface area contributed by atoms with Gasteiger partial charge in [-0.2, -0.15) is 0 Å². The molecule has 0 bridgehead atoms. The maximum absolute atomic E-state index is 12.0. The first kappa shape index (κ1) is 16.6. The SMILES string of the molecule is CCN(CC)C(=O)C(C)NC(=O)Cc1ccc(S)cc1. The molecule has 1 aromatic carbocycles. The van der Waals surface area contributed by atoms with Gasteiger partial charge in [-0.05, 0) is 38.5 Å². The van der Waals surface area contributed by atoms with Crippen molar-refractivity contribution in [3.63, 3.8) is 0 Å². The fraction of sp³-hybridized carbons (Fsp3) is 0.467. The minimum atomic E-state index is -0.494. The zero-order chi connectivity index (χ0) is 15.1. The van der Waals surface area contributed by atoms with Gasteiger partial charge in [0.2, 0.25) is 11.8 Å². The number of carbonyl (C=O) groups excluding carboxylic acids is 2. The summed E-state index contributed by atoms with van der Waals surface area (Å²) in [6.07, 6.45) is 0.268. The van der Waals surface area contributed by atoms with E-state index in [0.717, 1.165) is 10.5 Å². The van der Waals surface area contributed by atoms with Gasteiger partial charge >= 0.3 is 0 Å². The van der Waals surface area contributed by atoms with Crippen molar-refractivity contribution < 1.29 is 9.59 Å². The zero-order valence-electron chi connectivity index (χ0n) is 12.2. The molecule has 110 valence electrons. The lowest BCUT2D eigenvalue weighted by Crippen LogP contribution is -2.47. The van der Waals surface area contributed by atoms with Gasteiger partial charge in [0.1, 0.15) is 6.04 Å². The first-order chi connectivity index (χ1) is 9.47. The van der Waals surface area contributed by atoms with Crippen LogP contribution in [-0.2, 0) is 16.0 Å². The summed E-state index contributed by atoms with van der Waals surface area (Å²) in [4.78, 5) is 26.5. The number of rotatable bonds is 6. The third-order valence-corrected chi connectivity index (χ3v) is 3.42. The first-order valence-corrected chi connectivity index (χ1v) is 7.28. The Kier molecular flexibility index (Phi) is 6.58. The van der Waals surface area contributed by atoms with Gasteiger partial charge in [0, 0.05) is 18.0 Å². The zero-order valence-corrected chi connectivity index (χ0v) is 13.1. The molecule has 2 amide bonds. The van der Waals surface area contributed by atoms with Gasteiger partial charge in [0.05, 0.1) is 6.42 Å². The van der Waals surface area contributed by atoms with Crippen molar-refractivity contribution in [2.45, 2.75) is 38.1 Å². The molecule has 0 heterocycles. The van der Waals surface area contributed by atoms with Crippen molar-refractivity contribution in [3.05, 3.63) is 29.8 Å². The highest BCUT2D eigenvalue weighted by atomic mass is 32.1. The molecule has 0 aliphatic carbocycles. The molecule has 0 aliphatic rings. The fourth-order valence-corrected chi connectivity index (χ4v) is 2.11. The molecule has 0 aromatic heterocycles. The molecule has 0 radical (unpaired) electrons. The van der Waals surface area contributed by atoms with Crippen LogP contribution in [0.3, 0.4) is 0 Å². The molecule has 1 unspecified atom stereocenters. The average Bonchev–Trinajstić information content (AvgIpc) is 2.42. The number of benzene rings is 1. The van der Waals surface area contributed by atoms with Crippen LogP contribution in [0.2, 0.25) is 0 Å². The van der Waals surface area contributed by atoms with Gasteiger partial charge < -0.3 is 10.2 Å². The quantitative estimate of drug-likeness (QED) is 0.787. The molecule has 1 rings (SSSR count). The van der Waals surface area contributed by atoms with E-state index in [4.69, 9.17) is 0 Å².